The Kier molecular flexibility index (Phi) is 3.89. The quantitative estimate of drug-likeness (QED) is 0.808. The molecule has 1 saturated heterocycles. The molecular weight excluding hydrogens is 365 g/mol. The molecule has 1 aliphatic rings. The fourth-order valence-corrected chi connectivity index (χ4v) is 2.96. The topological polar surface area (TPSA) is 61.0 Å². The molecule has 20 heavy (non-hydrogen) atoms. The number of nitrogens with zero attached hydrogens (tertiary/aromatic N) is 2. The van der Waals surface area contributed by atoms with Crippen molar-refractivity contribution in [2.24, 2.45) is 0 Å². The maximum absolute atomic E-state index is 6.05. The SMILES string of the molecule is CC1CCC(c2nc(N)c(I)c(-c3ccccc3)n2)O1. The Labute approximate surface area is 131 Å². The zero-order valence-electron chi connectivity index (χ0n) is 11.2. The van der Waals surface area contributed by atoms with Gasteiger partial charge in [0.1, 0.15) is 11.9 Å². The normalized spacial score (nSPS) is 22.1. The molecule has 0 spiro atoms. The number of hydrogen-bond donors (Lipinski definition) is 1. The van der Waals surface area contributed by atoms with Crippen LogP contribution in [0.4, 0.5) is 5.82 Å². The van der Waals surface area contributed by atoms with E-state index >= 15 is 0 Å². The lowest BCUT2D eigenvalue weighted by atomic mass is 10.1. The van der Waals surface area contributed by atoms with Crippen molar-refractivity contribution in [2.45, 2.75) is 32.0 Å². The van der Waals surface area contributed by atoms with Crippen LogP contribution in [-0.2, 0) is 4.74 Å². The molecule has 104 valence electrons. The number of rotatable bonds is 2. The third-order valence-corrected chi connectivity index (χ3v) is 4.52. The van der Waals surface area contributed by atoms with Crippen molar-refractivity contribution in [3.8, 4) is 11.3 Å². The fraction of sp³-hybridized carbons (Fsp3) is 0.333. The molecular formula is C15H16IN3O. The van der Waals surface area contributed by atoms with Crippen molar-refractivity contribution in [3.05, 3.63) is 39.7 Å². The van der Waals surface area contributed by atoms with Gasteiger partial charge in [0.05, 0.1) is 15.4 Å². The van der Waals surface area contributed by atoms with Crippen LogP contribution in [-0.4, -0.2) is 16.1 Å². The van der Waals surface area contributed by atoms with Gasteiger partial charge in [0.2, 0.25) is 0 Å². The molecule has 0 aliphatic carbocycles. The maximum Gasteiger partial charge on any atom is 0.160 e. The molecule has 2 aromatic rings. The molecule has 2 atom stereocenters. The number of nitrogens with two attached hydrogens (primary N) is 1. The predicted octanol–water partition coefficient (Wildman–Crippen LogP) is 3.57. The van der Waals surface area contributed by atoms with Crippen molar-refractivity contribution in [1.82, 2.24) is 9.97 Å². The number of aromatic nitrogens is 2. The summed E-state index contributed by atoms with van der Waals surface area (Å²) >= 11 is 2.20. The molecule has 0 radical (unpaired) electrons. The maximum atomic E-state index is 6.05. The van der Waals surface area contributed by atoms with Crippen LogP contribution in [0.3, 0.4) is 0 Å². The number of hydrogen-bond acceptors (Lipinski definition) is 4. The van der Waals surface area contributed by atoms with Gasteiger partial charge in [-0.25, -0.2) is 9.97 Å². The first kappa shape index (κ1) is 13.8. The van der Waals surface area contributed by atoms with Crippen LogP contribution in [0.2, 0.25) is 0 Å². The Morgan fingerprint density at radius 3 is 2.60 bits per heavy atom. The van der Waals surface area contributed by atoms with E-state index in [-0.39, 0.29) is 12.2 Å². The molecule has 1 aromatic carbocycles. The molecule has 3 rings (SSSR count). The van der Waals surface area contributed by atoms with E-state index in [1.165, 1.54) is 0 Å². The minimum Gasteiger partial charge on any atom is -0.383 e. The Morgan fingerprint density at radius 1 is 1.20 bits per heavy atom. The summed E-state index contributed by atoms with van der Waals surface area (Å²) in [6.07, 6.45) is 2.23. The van der Waals surface area contributed by atoms with E-state index in [1.807, 2.05) is 30.3 Å². The third-order valence-electron chi connectivity index (χ3n) is 3.46. The molecule has 1 fully saturated rings. The van der Waals surface area contributed by atoms with Crippen molar-refractivity contribution in [3.63, 3.8) is 0 Å². The van der Waals surface area contributed by atoms with Crippen molar-refractivity contribution >= 4 is 28.4 Å². The Bertz CT molecular complexity index is 618. The van der Waals surface area contributed by atoms with E-state index in [9.17, 15) is 0 Å². The molecule has 0 saturated carbocycles. The molecule has 2 unspecified atom stereocenters. The fourth-order valence-electron chi connectivity index (χ4n) is 2.41. The third kappa shape index (κ3) is 2.64. The zero-order chi connectivity index (χ0) is 14.1. The summed E-state index contributed by atoms with van der Waals surface area (Å²) in [6.45, 7) is 2.08. The lowest BCUT2D eigenvalue weighted by molar-refractivity contribution is 0.0504. The molecule has 1 aromatic heterocycles. The summed E-state index contributed by atoms with van der Waals surface area (Å²) < 4.78 is 6.74. The summed E-state index contributed by atoms with van der Waals surface area (Å²) in [5.41, 5.74) is 7.99. The first-order valence-electron chi connectivity index (χ1n) is 6.69. The molecule has 4 nitrogen and oxygen atoms in total. The number of anilines is 1. The predicted molar refractivity (Wildman–Crippen MR) is 87.1 cm³/mol. The van der Waals surface area contributed by atoms with Crippen molar-refractivity contribution in [1.29, 1.82) is 0 Å². The highest BCUT2D eigenvalue weighted by atomic mass is 127. The van der Waals surface area contributed by atoms with E-state index in [0.717, 1.165) is 27.7 Å². The van der Waals surface area contributed by atoms with Gasteiger partial charge >= 0.3 is 0 Å². The van der Waals surface area contributed by atoms with Crippen molar-refractivity contribution < 1.29 is 4.74 Å². The minimum atomic E-state index is -0.0354. The largest absolute Gasteiger partial charge is 0.383 e. The molecule has 0 amide bonds. The van der Waals surface area contributed by atoms with Gasteiger partial charge in [-0.15, -0.1) is 0 Å². The highest BCUT2D eigenvalue weighted by Crippen LogP contribution is 2.34. The Morgan fingerprint density at radius 2 is 1.95 bits per heavy atom. The minimum absolute atomic E-state index is 0.0354. The zero-order valence-corrected chi connectivity index (χ0v) is 13.4. The van der Waals surface area contributed by atoms with Gasteiger partial charge in [-0.05, 0) is 42.4 Å². The highest BCUT2D eigenvalue weighted by Gasteiger charge is 2.27. The van der Waals surface area contributed by atoms with Gasteiger partial charge in [-0.1, -0.05) is 30.3 Å². The number of benzene rings is 1. The van der Waals surface area contributed by atoms with Crippen LogP contribution >= 0.6 is 22.6 Å². The summed E-state index contributed by atoms with van der Waals surface area (Å²) in [5, 5.41) is 0. The second kappa shape index (κ2) is 5.65. The lowest BCUT2D eigenvalue weighted by Crippen LogP contribution is -2.10. The van der Waals surface area contributed by atoms with Gasteiger partial charge in [-0.2, -0.15) is 0 Å². The molecule has 2 heterocycles. The van der Waals surface area contributed by atoms with Gasteiger partial charge < -0.3 is 10.5 Å². The van der Waals surface area contributed by atoms with Crippen LogP contribution in [0, 0.1) is 3.57 Å². The first-order chi connectivity index (χ1) is 9.65. The summed E-state index contributed by atoms with van der Waals surface area (Å²) in [7, 11) is 0. The monoisotopic (exact) mass is 381 g/mol. The first-order valence-corrected chi connectivity index (χ1v) is 7.77. The van der Waals surface area contributed by atoms with Crippen LogP contribution < -0.4 is 5.73 Å². The van der Waals surface area contributed by atoms with E-state index in [1.54, 1.807) is 0 Å². The van der Waals surface area contributed by atoms with Gasteiger partial charge in [0.15, 0.2) is 5.82 Å². The van der Waals surface area contributed by atoms with Gasteiger partial charge in [-0.3, -0.25) is 0 Å². The van der Waals surface area contributed by atoms with Crippen LogP contribution in [0.25, 0.3) is 11.3 Å². The summed E-state index contributed by atoms with van der Waals surface area (Å²) in [4.78, 5) is 9.11. The molecule has 0 bridgehead atoms. The average molecular weight is 381 g/mol. The van der Waals surface area contributed by atoms with E-state index in [4.69, 9.17) is 15.5 Å². The molecule has 2 N–H and O–H groups in total. The van der Waals surface area contributed by atoms with Crippen LogP contribution in [0.1, 0.15) is 31.7 Å². The van der Waals surface area contributed by atoms with Crippen LogP contribution in [0.5, 0.6) is 0 Å². The number of nitrogen functional groups attached to an aromatic ring is 1. The molecule has 5 heteroatoms. The summed E-state index contributed by atoms with van der Waals surface area (Å²) in [6, 6.07) is 10.1. The van der Waals surface area contributed by atoms with E-state index < -0.39 is 0 Å². The molecule has 1 aliphatic heterocycles. The van der Waals surface area contributed by atoms with Crippen LogP contribution in [0.15, 0.2) is 30.3 Å². The average Bonchev–Trinajstić information content (AvgIpc) is 2.89. The van der Waals surface area contributed by atoms with E-state index in [0.29, 0.717) is 11.6 Å². The second-order valence-corrected chi connectivity index (χ2v) is 6.09. The Balaban J connectivity index is 2.04. The number of halogens is 1. The summed E-state index contributed by atoms with van der Waals surface area (Å²) in [5.74, 6) is 1.23. The highest BCUT2D eigenvalue weighted by molar-refractivity contribution is 14.1. The smallest absolute Gasteiger partial charge is 0.160 e. The second-order valence-electron chi connectivity index (χ2n) is 5.01. The standard InChI is InChI=1S/C15H16IN3O/c1-9-7-8-11(20-9)15-18-13(12(16)14(17)19-15)10-5-3-2-4-6-10/h2-6,9,11H,7-8H2,1H3,(H2,17,18,19). The van der Waals surface area contributed by atoms with Crippen molar-refractivity contribution in [2.75, 3.05) is 5.73 Å². The van der Waals surface area contributed by atoms with E-state index in [2.05, 4.69) is 34.5 Å². The lowest BCUT2D eigenvalue weighted by Gasteiger charge is -2.13. The van der Waals surface area contributed by atoms with Gasteiger partial charge in [0, 0.05) is 5.56 Å². The number of ether oxygens (including phenoxy) is 1. The Hall–Kier alpha value is -1.21. The van der Waals surface area contributed by atoms with Gasteiger partial charge in [0.25, 0.3) is 0 Å².